The molecule has 122 valence electrons. The molecule has 4 nitrogen and oxygen atoms in total. The van der Waals surface area contributed by atoms with Gasteiger partial charge >= 0.3 is 5.97 Å². The molecule has 1 unspecified atom stereocenters. The third kappa shape index (κ3) is 4.17. The molecule has 0 aliphatic rings. The van der Waals surface area contributed by atoms with E-state index in [9.17, 15) is 9.90 Å². The smallest absolute Gasteiger partial charge is 0.311 e. The average molecular weight is 334 g/mol. The van der Waals surface area contributed by atoms with Crippen LogP contribution in [0.4, 0.5) is 5.69 Å². The number of carbonyl (C=O) groups is 1. The predicted molar refractivity (Wildman–Crippen MR) is 92.9 cm³/mol. The van der Waals surface area contributed by atoms with Gasteiger partial charge in [0.1, 0.15) is 5.75 Å². The maximum atomic E-state index is 11.8. The van der Waals surface area contributed by atoms with Crippen LogP contribution in [0.15, 0.2) is 42.5 Å². The summed E-state index contributed by atoms with van der Waals surface area (Å²) < 4.78 is 5.32. The molecule has 0 aliphatic carbocycles. The van der Waals surface area contributed by atoms with Gasteiger partial charge in [-0.2, -0.15) is 0 Å². The zero-order chi connectivity index (χ0) is 17.0. The van der Waals surface area contributed by atoms with Gasteiger partial charge in [-0.15, -0.1) is 0 Å². The number of carboxylic acids is 1. The first-order chi connectivity index (χ1) is 10.9. The van der Waals surface area contributed by atoms with Crippen LogP contribution in [0.25, 0.3) is 0 Å². The summed E-state index contributed by atoms with van der Waals surface area (Å²) in [5.41, 5.74) is 2.50. The Morgan fingerprint density at radius 3 is 2.61 bits per heavy atom. The van der Waals surface area contributed by atoms with Gasteiger partial charge in [0.15, 0.2) is 0 Å². The van der Waals surface area contributed by atoms with Crippen molar-refractivity contribution in [3.05, 3.63) is 58.6 Å². The van der Waals surface area contributed by atoms with Crippen LogP contribution < -0.4 is 9.64 Å². The quantitative estimate of drug-likeness (QED) is 0.873. The highest BCUT2D eigenvalue weighted by Gasteiger charge is 2.22. The first-order valence-corrected chi connectivity index (χ1v) is 7.62. The molecule has 0 radical (unpaired) electrons. The Hall–Kier alpha value is -2.20. The van der Waals surface area contributed by atoms with E-state index in [1.165, 1.54) is 0 Å². The zero-order valence-electron chi connectivity index (χ0n) is 13.4. The number of nitrogens with zero attached hydrogens (tertiary/aromatic N) is 1. The third-order valence-corrected chi connectivity index (χ3v) is 3.99. The summed E-state index contributed by atoms with van der Waals surface area (Å²) in [6.45, 7) is 0. The van der Waals surface area contributed by atoms with Gasteiger partial charge in [-0.05, 0) is 47.9 Å². The van der Waals surface area contributed by atoms with E-state index >= 15 is 0 Å². The number of hydrogen-bond acceptors (Lipinski definition) is 3. The largest absolute Gasteiger partial charge is 0.496 e. The molecule has 0 heterocycles. The number of hydrogen-bond donors (Lipinski definition) is 1. The molecule has 1 atom stereocenters. The Balaban J connectivity index is 2.39. The Bertz CT molecular complexity index is 700. The van der Waals surface area contributed by atoms with Gasteiger partial charge in [0.2, 0.25) is 0 Å². The Labute approximate surface area is 141 Å². The summed E-state index contributed by atoms with van der Waals surface area (Å²) in [7, 11) is 5.42. The molecule has 0 amide bonds. The number of ether oxygens (including phenoxy) is 1. The van der Waals surface area contributed by atoms with Crippen LogP contribution in [-0.2, 0) is 11.2 Å². The van der Waals surface area contributed by atoms with Gasteiger partial charge in [-0.1, -0.05) is 23.7 Å². The normalized spacial score (nSPS) is 11.8. The fourth-order valence-corrected chi connectivity index (χ4v) is 2.69. The summed E-state index contributed by atoms with van der Waals surface area (Å²) >= 11 is 6.04. The van der Waals surface area contributed by atoms with Crippen molar-refractivity contribution in [2.24, 2.45) is 0 Å². The van der Waals surface area contributed by atoms with Crippen LogP contribution in [0.5, 0.6) is 5.75 Å². The minimum Gasteiger partial charge on any atom is -0.496 e. The topological polar surface area (TPSA) is 49.8 Å². The van der Waals surface area contributed by atoms with E-state index in [1.807, 2.05) is 43.3 Å². The monoisotopic (exact) mass is 333 g/mol. The first kappa shape index (κ1) is 17.2. The van der Waals surface area contributed by atoms with E-state index in [1.54, 1.807) is 25.3 Å². The minimum atomic E-state index is -0.872. The summed E-state index contributed by atoms with van der Waals surface area (Å²) in [5.74, 6) is -0.894. The SMILES string of the molecule is COc1ccc(Cl)cc1CC(C(=O)O)c1cccc(N(C)C)c1. The number of aliphatic carboxylic acids is 1. The molecule has 0 spiro atoms. The lowest BCUT2D eigenvalue weighted by molar-refractivity contribution is -0.138. The molecular weight excluding hydrogens is 314 g/mol. The standard InChI is InChI=1S/C18H20ClNO3/c1-20(2)15-6-4-5-12(10-15)16(18(21)22)11-13-9-14(19)7-8-17(13)23-3/h4-10,16H,11H2,1-3H3,(H,21,22). The summed E-state index contributed by atoms with van der Waals surface area (Å²) in [6.07, 6.45) is 0.315. The van der Waals surface area contributed by atoms with Gasteiger partial charge in [0.05, 0.1) is 13.0 Å². The average Bonchev–Trinajstić information content (AvgIpc) is 2.52. The summed E-state index contributed by atoms with van der Waals surface area (Å²) in [5, 5.41) is 10.2. The van der Waals surface area contributed by atoms with Crippen molar-refractivity contribution in [1.29, 1.82) is 0 Å². The van der Waals surface area contributed by atoms with Crippen molar-refractivity contribution in [2.45, 2.75) is 12.3 Å². The van der Waals surface area contributed by atoms with Gasteiger partial charge in [0, 0.05) is 24.8 Å². The second kappa shape index (κ2) is 7.38. The molecule has 2 aromatic rings. The highest BCUT2D eigenvalue weighted by molar-refractivity contribution is 6.30. The third-order valence-electron chi connectivity index (χ3n) is 3.75. The highest BCUT2D eigenvalue weighted by atomic mass is 35.5. The maximum absolute atomic E-state index is 11.8. The van der Waals surface area contributed by atoms with Crippen molar-refractivity contribution in [1.82, 2.24) is 0 Å². The lowest BCUT2D eigenvalue weighted by Crippen LogP contribution is -2.16. The minimum absolute atomic E-state index is 0.315. The molecule has 0 saturated carbocycles. The number of carboxylic acid groups (broad SMARTS) is 1. The van der Waals surface area contributed by atoms with Crippen molar-refractivity contribution in [2.75, 3.05) is 26.1 Å². The van der Waals surface area contributed by atoms with Gasteiger partial charge in [0.25, 0.3) is 0 Å². The molecule has 1 N–H and O–H groups in total. The van der Waals surface area contributed by atoms with Crippen LogP contribution in [0.1, 0.15) is 17.0 Å². The number of methoxy groups -OCH3 is 1. The number of benzene rings is 2. The number of anilines is 1. The molecule has 23 heavy (non-hydrogen) atoms. The number of halogens is 1. The fourth-order valence-electron chi connectivity index (χ4n) is 2.49. The van der Waals surface area contributed by atoms with E-state index in [0.29, 0.717) is 17.2 Å². The van der Waals surface area contributed by atoms with E-state index < -0.39 is 11.9 Å². The van der Waals surface area contributed by atoms with Crippen LogP contribution in [-0.4, -0.2) is 32.3 Å². The fraction of sp³-hybridized carbons (Fsp3) is 0.278. The van der Waals surface area contributed by atoms with Crippen molar-refractivity contribution in [3.63, 3.8) is 0 Å². The van der Waals surface area contributed by atoms with Gasteiger partial charge < -0.3 is 14.7 Å². The van der Waals surface area contributed by atoms with Crippen LogP contribution >= 0.6 is 11.6 Å². The van der Waals surface area contributed by atoms with E-state index in [0.717, 1.165) is 16.8 Å². The summed E-state index contributed by atoms with van der Waals surface area (Å²) in [4.78, 5) is 13.7. The van der Waals surface area contributed by atoms with Crippen LogP contribution in [0, 0.1) is 0 Å². The molecule has 0 saturated heterocycles. The molecular formula is C18H20ClNO3. The predicted octanol–water partition coefficient (Wildman–Crippen LogP) is 3.83. The van der Waals surface area contributed by atoms with E-state index in [2.05, 4.69) is 0 Å². The highest BCUT2D eigenvalue weighted by Crippen LogP contribution is 2.30. The molecule has 0 bridgehead atoms. The Morgan fingerprint density at radius 2 is 2.00 bits per heavy atom. The van der Waals surface area contributed by atoms with Crippen molar-refractivity contribution < 1.29 is 14.6 Å². The second-order valence-electron chi connectivity index (χ2n) is 5.54. The van der Waals surface area contributed by atoms with Crippen LogP contribution in [0.2, 0.25) is 5.02 Å². The lowest BCUT2D eigenvalue weighted by Gasteiger charge is -2.18. The Morgan fingerprint density at radius 1 is 1.26 bits per heavy atom. The zero-order valence-corrected chi connectivity index (χ0v) is 14.2. The first-order valence-electron chi connectivity index (χ1n) is 7.25. The summed E-state index contributed by atoms with van der Waals surface area (Å²) in [6, 6.07) is 12.8. The van der Waals surface area contributed by atoms with Crippen LogP contribution in [0.3, 0.4) is 0 Å². The molecule has 5 heteroatoms. The van der Waals surface area contributed by atoms with Gasteiger partial charge in [-0.25, -0.2) is 0 Å². The van der Waals surface area contributed by atoms with Gasteiger partial charge in [-0.3, -0.25) is 4.79 Å². The van der Waals surface area contributed by atoms with Crippen molar-refractivity contribution >= 4 is 23.3 Å². The molecule has 0 fully saturated rings. The van der Waals surface area contributed by atoms with Crippen molar-refractivity contribution in [3.8, 4) is 5.75 Å². The molecule has 2 aromatic carbocycles. The lowest BCUT2D eigenvalue weighted by atomic mass is 9.91. The molecule has 0 aromatic heterocycles. The molecule has 0 aliphatic heterocycles. The number of rotatable bonds is 6. The van der Waals surface area contributed by atoms with E-state index in [4.69, 9.17) is 16.3 Å². The maximum Gasteiger partial charge on any atom is 0.311 e. The van der Waals surface area contributed by atoms with E-state index in [-0.39, 0.29) is 0 Å². The Kier molecular flexibility index (Phi) is 5.50. The molecule has 2 rings (SSSR count). The second-order valence-corrected chi connectivity index (χ2v) is 5.98.